The molecule has 114 valence electrons. The normalized spacial score (nSPS) is 17.8. The Morgan fingerprint density at radius 2 is 1.95 bits per heavy atom. The van der Waals surface area contributed by atoms with Crippen molar-refractivity contribution in [1.82, 2.24) is 4.90 Å². The average Bonchev–Trinajstić information content (AvgIpc) is 2.87. The summed E-state index contributed by atoms with van der Waals surface area (Å²) in [6.45, 7) is 0.826. The fraction of sp³-hybridized carbons (Fsp3) is 0.467. The molecule has 1 fully saturated rings. The van der Waals surface area contributed by atoms with Gasteiger partial charge in [-0.1, -0.05) is 6.07 Å². The van der Waals surface area contributed by atoms with Crippen LogP contribution in [0.15, 0.2) is 18.2 Å². The van der Waals surface area contributed by atoms with Crippen molar-refractivity contribution in [1.29, 1.82) is 0 Å². The Balaban J connectivity index is 2.08. The predicted octanol–water partition coefficient (Wildman–Crippen LogP) is 1.23. The fourth-order valence-electron chi connectivity index (χ4n) is 2.45. The number of methoxy groups -OCH3 is 3. The van der Waals surface area contributed by atoms with E-state index in [2.05, 4.69) is 0 Å². The molecule has 0 aliphatic carbocycles. The van der Waals surface area contributed by atoms with Gasteiger partial charge in [0.25, 0.3) is 0 Å². The standard InChI is InChI=1S/C15H19NO5/c1-19-12-5-4-10(6-13(12)20-2)8-16-9-11(7-14(16)17)15(18)21-3/h4-6,11H,7-9H2,1-3H3. The van der Waals surface area contributed by atoms with E-state index >= 15 is 0 Å². The molecule has 0 saturated carbocycles. The quantitative estimate of drug-likeness (QED) is 0.764. The van der Waals surface area contributed by atoms with Crippen molar-refractivity contribution in [2.75, 3.05) is 27.9 Å². The number of hydrogen-bond acceptors (Lipinski definition) is 5. The first-order valence-corrected chi connectivity index (χ1v) is 6.65. The van der Waals surface area contributed by atoms with E-state index in [4.69, 9.17) is 14.2 Å². The number of likely N-dealkylation sites (tertiary alicyclic amines) is 1. The van der Waals surface area contributed by atoms with Crippen LogP contribution in [0, 0.1) is 5.92 Å². The highest BCUT2D eigenvalue weighted by Crippen LogP contribution is 2.29. The maximum atomic E-state index is 11.9. The van der Waals surface area contributed by atoms with E-state index < -0.39 is 0 Å². The molecule has 1 heterocycles. The zero-order valence-electron chi connectivity index (χ0n) is 12.4. The van der Waals surface area contributed by atoms with Gasteiger partial charge in [-0.3, -0.25) is 9.59 Å². The summed E-state index contributed by atoms with van der Waals surface area (Å²) >= 11 is 0. The Hall–Kier alpha value is -2.24. The minimum atomic E-state index is -0.373. The molecule has 0 spiro atoms. The molecule has 1 unspecified atom stereocenters. The van der Waals surface area contributed by atoms with Gasteiger partial charge in [-0.2, -0.15) is 0 Å². The first kappa shape index (κ1) is 15.2. The van der Waals surface area contributed by atoms with E-state index in [1.807, 2.05) is 12.1 Å². The molecule has 1 aliphatic rings. The Morgan fingerprint density at radius 1 is 1.24 bits per heavy atom. The van der Waals surface area contributed by atoms with Crippen LogP contribution in [0.5, 0.6) is 11.5 Å². The van der Waals surface area contributed by atoms with Crippen molar-refractivity contribution >= 4 is 11.9 Å². The summed E-state index contributed by atoms with van der Waals surface area (Å²) in [4.78, 5) is 25.1. The van der Waals surface area contributed by atoms with Crippen molar-refractivity contribution in [2.24, 2.45) is 5.92 Å². The zero-order valence-corrected chi connectivity index (χ0v) is 12.4. The molecular formula is C15H19NO5. The van der Waals surface area contributed by atoms with E-state index in [-0.39, 0.29) is 24.2 Å². The van der Waals surface area contributed by atoms with Crippen LogP contribution in [0.3, 0.4) is 0 Å². The summed E-state index contributed by atoms with van der Waals surface area (Å²) in [6.07, 6.45) is 0.208. The molecular weight excluding hydrogens is 274 g/mol. The highest BCUT2D eigenvalue weighted by atomic mass is 16.5. The summed E-state index contributed by atoms with van der Waals surface area (Å²) in [6, 6.07) is 5.50. The second-order valence-corrected chi connectivity index (χ2v) is 4.89. The van der Waals surface area contributed by atoms with Gasteiger partial charge in [-0.15, -0.1) is 0 Å². The van der Waals surface area contributed by atoms with Gasteiger partial charge in [0, 0.05) is 19.5 Å². The lowest BCUT2D eigenvalue weighted by Gasteiger charge is -2.17. The largest absolute Gasteiger partial charge is 0.493 e. The van der Waals surface area contributed by atoms with Gasteiger partial charge < -0.3 is 19.1 Å². The number of hydrogen-bond donors (Lipinski definition) is 0. The van der Waals surface area contributed by atoms with Gasteiger partial charge in [-0.25, -0.2) is 0 Å². The molecule has 1 aromatic rings. The zero-order chi connectivity index (χ0) is 15.4. The molecule has 1 saturated heterocycles. The summed E-state index contributed by atoms with van der Waals surface area (Å²) in [7, 11) is 4.47. The van der Waals surface area contributed by atoms with E-state index in [0.717, 1.165) is 5.56 Å². The van der Waals surface area contributed by atoms with Crippen molar-refractivity contribution in [3.05, 3.63) is 23.8 Å². The van der Waals surface area contributed by atoms with Gasteiger partial charge >= 0.3 is 5.97 Å². The Labute approximate surface area is 123 Å². The third-order valence-electron chi connectivity index (χ3n) is 3.57. The van der Waals surface area contributed by atoms with Gasteiger partial charge in [0.2, 0.25) is 5.91 Å². The van der Waals surface area contributed by atoms with Crippen LogP contribution in [-0.4, -0.2) is 44.7 Å². The van der Waals surface area contributed by atoms with E-state index in [1.54, 1.807) is 25.2 Å². The van der Waals surface area contributed by atoms with Gasteiger partial charge in [0.15, 0.2) is 11.5 Å². The lowest BCUT2D eigenvalue weighted by atomic mass is 10.1. The van der Waals surface area contributed by atoms with Crippen LogP contribution in [0.1, 0.15) is 12.0 Å². The Bertz CT molecular complexity index is 543. The van der Waals surface area contributed by atoms with Crippen LogP contribution in [0.4, 0.5) is 0 Å². The molecule has 2 rings (SSSR count). The molecule has 1 amide bonds. The number of ether oxygens (including phenoxy) is 3. The van der Waals surface area contributed by atoms with Crippen LogP contribution >= 0.6 is 0 Å². The minimum absolute atomic E-state index is 0.0415. The second kappa shape index (κ2) is 6.47. The molecule has 6 heteroatoms. The minimum Gasteiger partial charge on any atom is -0.493 e. The number of esters is 1. The first-order valence-electron chi connectivity index (χ1n) is 6.65. The summed E-state index contributed by atoms with van der Waals surface area (Å²) < 4.78 is 15.1. The highest BCUT2D eigenvalue weighted by Gasteiger charge is 2.34. The first-order chi connectivity index (χ1) is 10.1. The maximum absolute atomic E-state index is 11.9. The van der Waals surface area contributed by atoms with Crippen molar-refractivity contribution < 1.29 is 23.8 Å². The third kappa shape index (κ3) is 3.26. The molecule has 1 atom stereocenters. The van der Waals surface area contributed by atoms with E-state index in [9.17, 15) is 9.59 Å². The molecule has 0 radical (unpaired) electrons. The number of carbonyl (C=O) groups is 2. The van der Waals surface area contributed by atoms with Crippen molar-refractivity contribution in [3.8, 4) is 11.5 Å². The highest BCUT2D eigenvalue weighted by molar-refractivity contribution is 5.86. The smallest absolute Gasteiger partial charge is 0.310 e. The monoisotopic (exact) mass is 293 g/mol. The molecule has 0 aromatic heterocycles. The van der Waals surface area contributed by atoms with Crippen LogP contribution < -0.4 is 9.47 Å². The number of rotatable bonds is 5. The molecule has 1 aliphatic heterocycles. The van der Waals surface area contributed by atoms with Crippen molar-refractivity contribution in [2.45, 2.75) is 13.0 Å². The fourth-order valence-corrected chi connectivity index (χ4v) is 2.45. The third-order valence-corrected chi connectivity index (χ3v) is 3.57. The average molecular weight is 293 g/mol. The van der Waals surface area contributed by atoms with Crippen LogP contribution in [0.2, 0.25) is 0 Å². The number of carbonyl (C=O) groups excluding carboxylic acids is 2. The number of nitrogens with zero attached hydrogens (tertiary/aromatic N) is 1. The Kier molecular flexibility index (Phi) is 4.67. The van der Waals surface area contributed by atoms with E-state index in [0.29, 0.717) is 24.6 Å². The summed E-state index contributed by atoms with van der Waals surface area (Å²) in [5, 5.41) is 0. The molecule has 0 N–H and O–H groups in total. The van der Waals surface area contributed by atoms with Crippen LogP contribution in [-0.2, 0) is 20.9 Å². The molecule has 21 heavy (non-hydrogen) atoms. The maximum Gasteiger partial charge on any atom is 0.310 e. The Morgan fingerprint density at radius 3 is 2.57 bits per heavy atom. The SMILES string of the molecule is COC(=O)C1CC(=O)N(Cc2ccc(OC)c(OC)c2)C1. The lowest BCUT2D eigenvalue weighted by Crippen LogP contribution is -2.26. The lowest BCUT2D eigenvalue weighted by molar-refractivity contribution is -0.145. The predicted molar refractivity (Wildman–Crippen MR) is 75.1 cm³/mol. The number of amides is 1. The molecule has 1 aromatic carbocycles. The summed E-state index contributed by atoms with van der Waals surface area (Å²) in [5.74, 6) is 0.508. The van der Waals surface area contributed by atoms with Gasteiger partial charge in [0.1, 0.15) is 0 Å². The topological polar surface area (TPSA) is 65.1 Å². The van der Waals surface area contributed by atoms with Gasteiger partial charge in [-0.05, 0) is 17.7 Å². The van der Waals surface area contributed by atoms with E-state index in [1.165, 1.54) is 7.11 Å². The van der Waals surface area contributed by atoms with Crippen molar-refractivity contribution in [3.63, 3.8) is 0 Å². The summed E-state index contributed by atoms with van der Waals surface area (Å²) in [5.41, 5.74) is 0.923. The number of benzene rings is 1. The second-order valence-electron chi connectivity index (χ2n) is 4.89. The van der Waals surface area contributed by atoms with Gasteiger partial charge in [0.05, 0.1) is 27.2 Å². The van der Waals surface area contributed by atoms with Crippen LogP contribution in [0.25, 0.3) is 0 Å². The molecule has 0 bridgehead atoms. The molecule has 6 nitrogen and oxygen atoms in total.